The summed E-state index contributed by atoms with van der Waals surface area (Å²) in [5.74, 6) is -0.169. The van der Waals surface area contributed by atoms with Gasteiger partial charge in [0, 0.05) is 38.0 Å². The number of amides is 1. The molecule has 1 amide bonds. The fourth-order valence-electron chi connectivity index (χ4n) is 2.89. The van der Waals surface area contributed by atoms with Gasteiger partial charge in [-0.1, -0.05) is 12.1 Å². The third kappa shape index (κ3) is 3.61. The Kier molecular flexibility index (Phi) is 4.95. The number of hydrogen-bond donors (Lipinski definition) is 1. The summed E-state index contributed by atoms with van der Waals surface area (Å²) >= 11 is 0. The minimum atomic E-state index is -0.296. The molecule has 0 saturated heterocycles. The van der Waals surface area contributed by atoms with Gasteiger partial charge in [0.25, 0.3) is 0 Å². The topological polar surface area (TPSA) is 78.2 Å². The number of pyridine rings is 1. The van der Waals surface area contributed by atoms with Crippen molar-refractivity contribution in [3.05, 3.63) is 64.7 Å². The minimum Gasteiger partial charge on any atom is -0.382 e. The van der Waals surface area contributed by atoms with E-state index in [1.54, 1.807) is 34.8 Å². The lowest BCUT2D eigenvalue weighted by Gasteiger charge is -2.19. The monoisotopic (exact) mass is 340 g/mol. The van der Waals surface area contributed by atoms with Gasteiger partial charge in [-0.3, -0.25) is 14.3 Å². The molecule has 1 atom stereocenters. The van der Waals surface area contributed by atoms with Gasteiger partial charge in [-0.05, 0) is 18.2 Å². The average Bonchev–Trinajstić information content (AvgIpc) is 3.03. The molecule has 0 unspecified atom stereocenters. The summed E-state index contributed by atoms with van der Waals surface area (Å²) in [4.78, 5) is 24.5. The molecule has 0 fully saturated rings. The largest absolute Gasteiger partial charge is 0.382 e. The molecule has 0 saturated carbocycles. The number of methoxy groups -OCH3 is 1. The van der Waals surface area contributed by atoms with Crippen molar-refractivity contribution in [2.75, 3.05) is 13.7 Å². The van der Waals surface area contributed by atoms with Crippen LogP contribution in [0.3, 0.4) is 0 Å². The summed E-state index contributed by atoms with van der Waals surface area (Å²) in [6, 6.07) is 10.3. The molecule has 1 aromatic carbocycles. The van der Waals surface area contributed by atoms with E-state index in [-0.39, 0.29) is 23.9 Å². The molecule has 7 heteroatoms. The first-order valence-electron chi connectivity index (χ1n) is 7.94. The highest BCUT2D eigenvalue weighted by Crippen LogP contribution is 2.13. The van der Waals surface area contributed by atoms with Gasteiger partial charge in [-0.2, -0.15) is 5.10 Å². The molecule has 3 aromatic rings. The van der Waals surface area contributed by atoms with Crippen LogP contribution in [0.15, 0.2) is 53.6 Å². The molecule has 0 aliphatic rings. The lowest BCUT2D eigenvalue weighted by Crippen LogP contribution is -2.35. The van der Waals surface area contributed by atoms with E-state index in [0.29, 0.717) is 12.0 Å². The molecule has 3 rings (SSSR count). The number of hydrogen-bond acceptors (Lipinski definition) is 4. The van der Waals surface area contributed by atoms with Gasteiger partial charge in [0.05, 0.1) is 23.9 Å². The highest BCUT2D eigenvalue weighted by Gasteiger charge is 2.18. The normalized spacial score (nSPS) is 12.2. The summed E-state index contributed by atoms with van der Waals surface area (Å²) < 4.78 is 8.69. The van der Waals surface area contributed by atoms with Crippen molar-refractivity contribution >= 4 is 16.8 Å². The molecule has 0 aliphatic heterocycles. The molecule has 2 heterocycles. The molecule has 0 aliphatic carbocycles. The number of carbonyl (C=O) groups is 1. The maximum atomic E-state index is 12.5. The summed E-state index contributed by atoms with van der Waals surface area (Å²) in [5, 5.41) is 7.69. The number of carbonyl (C=O) groups excluding carboxylic acids is 1. The van der Waals surface area contributed by atoms with Crippen molar-refractivity contribution in [1.29, 1.82) is 0 Å². The number of para-hydroxylation sites is 1. The van der Waals surface area contributed by atoms with Gasteiger partial charge in [0.2, 0.25) is 5.91 Å². The van der Waals surface area contributed by atoms with Crippen molar-refractivity contribution in [1.82, 2.24) is 19.7 Å². The second-order valence-corrected chi connectivity index (χ2v) is 5.78. The van der Waals surface area contributed by atoms with Crippen LogP contribution in [0.4, 0.5) is 0 Å². The fraction of sp³-hybridized carbons (Fsp3) is 0.278. The van der Waals surface area contributed by atoms with Crippen LogP contribution in [0.5, 0.6) is 0 Å². The SMILES string of the molecule is COC[C@H](NC(=O)Cn1ccc(=O)c2ccccc21)c1ccnn1C. The third-order valence-corrected chi connectivity index (χ3v) is 4.08. The maximum Gasteiger partial charge on any atom is 0.240 e. The van der Waals surface area contributed by atoms with Gasteiger partial charge in [0.15, 0.2) is 5.43 Å². The summed E-state index contributed by atoms with van der Waals surface area (Å²) in [6.07, 6.45) is 3.32. The van der Waals surface area contributed by atoms with E-state index in [4.69, 9.17) is 4.74 Å². The van der Waals surface area contributed by atoms with Gasteiger partial charge < -0.3 is 14.6 Å². The smallest absolute Gasteiger partial charge is 0.240 e. The second kappa shape index (κ2) is 7.31. The van der Waals surface area contributed by atoms with E-state index < -0.39 is 0 Å². The molecule has 0 radical (unpaired) electrons. The molecule has 25 heavy (non-hydrogen) atoms. The quantitative estimate of drug-likeness (QED) is 0.732. The first-order valence-corrected chi connectivity index (χ1v) is 7.94. The van der Waals surface area contributed by atoms with Gasteiger partial charge >= 0.3 is 0 Å². The van der Waals surface area contributed by atoms with Gasteiger partial charge in [0.1, 0.15) is 6.54 Å². The van der Waals surface area contributed by atoms with Crippen LogP contribution in [0.25, 0.3) is 10.9 Å². The van der Waals surface area contributed by atoms with Crippen LogP contribution in [-0.4, -0.2) is 34.0 Å². The molecular formula is C18H20N4O3. The maximum absolute atomic E-state index is 12.5. The van der Waals surface area contributed by atoms with Crippen LogP contribution >= 0.6 is 0 Å². The van der Waals surface area contributed by atoms with E-state index in [1.165, 1.54) is 6.07 Å². The van der Waals surface area contributed by atoms with Crippen LogP contribution in [0.1, 0.15) is 11.7 Å². The first kappa shape index (κ1) is 16.9. The van der Waals surface area contributed by atoms with Crippen molar-refractivity contribution < 1.29 is 9.53 Å². The molecule has 130 valence electrons. The zero-order chi connectivity index (χ0) is 17.8. The summed E-state index contributed by atoms with van der Waals surface area (Å²) in [5.41, 5.74) is 1.54. The molecule has 0 bridgehead atoms. The number of nitrogens with one attached hydrogen (secondary N) is 1. The van der Waals surface area contributed by atoms with Crippen LogP contribution in [0.2, 0.25) is 0 Å². The molecule has 1 N–H and O–H groups in total. The Bertz CT molecular complexity index is 945. The summed E-state index contributed by atoms with van der Waals surface area (Å²) in [7, 11) is 3.41. The number of nitrogens with zero attached hydrogens (tertiary/aromatic N) is 3. The van der Waals surface area contributed by atoms with E-state index in [9.17, 15) is 9.59 Å². The number of fused-ring (bicyclic) bond motifs is 1. The second-order valence-electron chi connectivity index (χ2n) is 5.78. The van der Waals surface area contributed by atoms with Crippen molar-refractivity contribution in [2.45, 2.75) is 12.6 Å². The van der Waals surface area contributed by atoms with Crippen LogP contribution in [0, 0.1) is 0 Å². The van der Waals surface area contributed by atoms with Crippen molar-refractivity contribution in [2.24, 2.45) is 7.05 Å². The average molecular weight is 340 g/mol. The van der Waals surface area contributed by atoms with E-state index in [0.717, 1.165) is 11.2 Å². The number of aromatic nitrogens is 3. The Labute approximate surface area is 144 Å². The Morgan fingerprint density at radius 1 is 1.28 bits per heavy atom. The molecular weight excluding hydrogens is 320 g/mol. The third-order valence-electron chi connectivity index (χ3n) is 4.08. The first-order chi connectivity index (χ1) is 12.1. The van der Waals surface area contributed by atoms with Gasteiger partial charge in [-0.25, -0.2) is 0 Å². The number of rotatable bonds is 6. The highest BCUT2D eigenvalue weighted by atomic mass is 16.5. The van der Waals surface area contributed by atoms with Crippen molar-refractivity contribution in [3.8, 4) is 0 Å². The Hall–Kier alpha value is -2.93. The predicted molar refractivity (Wildman–Crippen MR) is 94.2 cm³/mol. The van der Waals surface area contributed by atoms with E-state index >= 15 is 0 Å². The highest BCUT2D eigenvalue weighted by molar-refractivity contribution is 5.82. The predicted octanol–water partition coefficient (Wildman–Crippen LogP) is 1.24. The number of aryl methyl sites for hydroxylation is 1. The molecule has 2 aromatic heterocycles. The fourth-order valence-corrected chi connectivity index (χ4v) is 2.89. The Morgan fingerprint density at radius 3 is 2.80 bits per heavy atom. The standard InChI is InChI=1S/C18H20N4O3/c1-21-16(7-9-19-21)14(12-25-2)20-18(24)11-22-10-8-17(23)13-5-3-4-6-15(13)22/h3-10,14H,11-12H2,1-2H3,(H,20,24)/t14-/m0/s1. The van der Waals surface area contributed by atoms with E-state index in [2.05, 4.69) is 10.4 Å². The number of benzene rings is 1. The van der Waals surface area contributed by atoms with Gasteiger partial charge in [-0.15, -0.1) is 0 Å². The number of ether oxygens (including phenoxy) is 1. The molecule has 7 nitrogen and oxygen atoms in total. The zero-order valence-electron chi connectivity index (χ0n) is 14.2. The zero-order valence-corrected chi connectivity index (χ0v) is 14.2. The van der Waals surface area contributed by atoms with Crippen LogP contribution < -0.4 is 10.7 Å². The Morgan fingerprint density at radius 2 is 2.08 bits per heavy atom. The van der Waals surface area contributed by atoms with Crippen LogP contribution in [-0.2, 0) is 23.1 Å². The summed E-state index contributed by atoms with van der Waals surface area (Å²) in [6.45, 7) is 0.453. The van der Waals surface area contributed by atoms with E-state index in [1.807, 2.05) is 31.3 Å². The molecule has 0 spiro atoms. The Balaban J connectivity index is 1.81. The lowest BCUT2D eigenvalue weighted by atomic mass is 10.2. The minimum absolute atomic E-state index is 0.0561. The van der Waals surface area contributed by atoms with Crippen molar-refractivity contribution in [3.63, 3.8) is 0 Å². The lowest BCUT2D eigenvalue weighted by molar-refractivity contribution is -0.122.